The third-order valence-electron chi connectivity index (χ3n) is 6.28. The van der Waals surface area contributed by atoms with Crippen molar-refractivity contribution in [1.29, 1.82) is 0 Å². The van der Waals surface area contributed by atoms with Crippen LogP contribution in [0.3, 0.4) is 0 Å². The maximum absolute atomic E-state index is 12.4. The van der Waals surface area contributed by atoms with Gasteiger partial charge in [-0.25, -0.2) is 9.78 Å². The summed E-state index contributed by atoms with van der Waals surface area (Å²) >= 11 is 0. The van der Waals surface area contributed by atoms with E-state index >= 15 is 0 Å². The number of carbonyl (C=O) groups is 1. The van der Waals surface area contributed by atoms with Gasteiger partial charge in [-0.1, -0.05) is 32.1 Å². The molecule has 7 heteroatoms. The summed E-state index contributed by atoms with van der Waals surface area (Å²) in [5.41, 5.74) is 1.93. The minimum Gasteiger partial charge on any atom is -0.478 e. The first kappa shape index (κ1) is 21.6. The molecular weight excluding hydrogens is 390 g/mol. The Morgan fingerprint density at radius 3 is 2.71 bits per heavy atom. The van der Waals surface area contributed by atoms with Gasteiger partial charge in [-0.2, -0.15) is 0 Å². The lowest BCUT2D eigenvalue weighted by molar-refractivity contribution is 0.143. The number of carbonyl (C=O) groups excluding carboxylic acids is 1. The van der Waals surface area contributed by atoms with E-state index < -0.39 is 0 Å². The van der Waals surface area contributed by atoms with Crippen LogP contribution in [-0.2, 0) is 6.54 Å². The Kier molecular flexibility index (Phi) is 7.71. The highest BCUT2D eigenvalue weighted by Crippen LogP contribution is 2.26. The Bertz CT molecular complexity index is 818. The molecule has 2 aromatic rings. The van der Waals surface area contributed by atoms with E-state index in [1.807, 2.05) is 23.2 Å². The first-order valence-corrected chi connectivity index (χ1v) is 11.5. The van der Waals surface area contributed by atoms with Crippen LogP contribution in [0.4, 0.5) is 10.5 Å². The molecule has 2 amide bonds. The zero-order valence-electron chi connectivity index (χ0n) is 18.2. The molecule has 2 aliphatic rings. The number of pyridine rings is 2. The fraction of sp³-hybridized carbons (Fsp3) is 0.542. The topological polar surface area (TPSA) is 70.6 Å². The van der Waals surface area contributed by atoms with Gasteiger partial charge in [-0.05, 0) is 36.1 Å². The van der Waals surface area contributed by atoms with Crippen molar-refractivity contribution in [3.8, 4) is 5.88 Å². The van der Waals surface area contributed by atoms with E-state index in [1.54, 1.807) is 12.4 Å². The number of anilines is 1. The Morgan fingerprint density at radius 2 is 1.94 bits per heavy atom. The molecule has 1 N–H and O–H groups in total. The van der Waals surface area contributed by atoms with Crippen LogP contribution in [0, 0.1) is 5.92 Å². The van der Waals surface area contributed by atoms with Crippen molar-refractivity contribution in [1.82, 2.24) is 19.8 Å². The number of piperazine rings is 1. The predicted molar refractivity (Wildman–Crippen MR) is 121 cm³/mol. The van der Waals surface area contributed by atoms with Gasteiger partial charge in [0.2, 0.25) is 5.88 Å². The molecule has 0 spiro atoms. The molecule has 1 saturated heterocycles. The van der Waals surface area contributed by atoms with E-state index in [1.165, 1.54) is 37.7 Å². The number of rotatable bonds is 7. The third-order valence-corrected chi connectivity index (χ3v) is 6.28. The molecule has 166 valence electrons. The van der Waals surface area contributed by atoms with Gasteiger partial charge in [0.25, 0.3) is 0 Å². The monoisotopic (exact) mass is 423 g/mol. The molecule has 1 saturated carbocycles. The standard InChI is InChI=1S/C24H33N5O2/c30-24(27-22-7-4-10-25-18-22)29-14-12-28(13-15-29)19-21-8-11-26-23(17-21)31-16-9-20-5-2-1-3-6-20/h4,7-8,10-11,17-18,20H,1-3,5-6,9,12-16,19H2,(H,27,30). The number of nitrogens with one attached hydrogen (secondary N) is 1. The molecule has 31 heavy (non-hydrogen) atoms. The van der Waals surface area contributed by atoms with Crippen molar-refractivity contribution in [3.63, 3.8) is 0 Å². The van der Waals surface area contributed by atoms with Crippen LogP contribution in [0.2, 0.25) is 0 Å². The predicted octanol–water partition coefficient (Wildman–Crippen LogP) is 4.18. The average Bonchev–Trinajstić information content (AvgIpc) is 2.81. The fourth-order valence-corrected chi connectivity index (χ4v) is 4.44. The molecule has 3 heterocycles. The maximum atomic E-state index is 12.4. The van der Waals surface area contributed by atoms with Crippen molar-refractivity contribution >= 4 is 11.7 Å². The SMILES string of the molecule is O=C(Nc1cccnc1)N1CCN(Cc2ccnc(OCCC3CCCCC3)c2)CC1. The van der Waals surface area contributed by atoms with Crippen molar-refractivity contribution in [2.24, 2.45) is 5.92 Å². The van der Waals surface area contributed by atoms with Crippen LogP contribution < -0.4 is 10.1 Å². The van der Waals surface area contributed by atoms with Gasteiger partial charge >= 0.3 is 6.03 Å². The summed E-state index contributed by atoms with van der Waals surface area (Å²) in [5, 5.41) is 2.91. The van der Waals surface area contributed by atoms with Crippen molar-refractivity contribution in [2.45, 2.75) is 45.1 Å². The van der Waals surface area contributed by atoms with E-state index in [4.69, 9.17) is 4.74 Å². The molecule has 0 bridgehead atoms. The van der Waals surface area contributed by atoms with Crippen molar-refractivity contribution in [3.05, 3.63) is 48.4 Å². The minimum absolute atomic E-state index is 0.0646. The van der Waals surface area contributed by atoms with Crippen LogP contribution >= 0.6 is 0 Å². The smallest absolute Gasteiger partial charge is 0.321 e. The van der Waals surface area contributed by atoms with Gasteiger partial charge in [0.1, 0.15) is 0 Å². The highest BCUT2D eigenvalue weighted by Gasteiger charge is 2.21. The van der Waals surface area contributed by atoms with Gasteiger partial charge in [-0.3, -0.25) is 9.88 Å². The summed E-state index contributed by atoms with van der Waals surface area (Å²) in [6, 6.07) is 7.71. The third kappa shape index (κ3) is 6.66. The Morgan fingerprint density at radius 1 is 1.10 bits per heavy atom. The normalized spacial score (nSPS) is 18.0. The van der Waals surface area contributed by atoms with Gasteiger partial charge in [0, 0.05) is 51.2 Å². The lowest BCUT2D eigenvalue weighted by atomic mass is 9.87. The summed E-state index contributed by atoms with van der Waals surface area (Å²) in [6.07, 6.45) is 13.2. The molecule has 1 aliphatic carbocycles. The highest BCUT2D eigenvalue weighted by atomic mass is 16.5. The van der Waals surface area contributed by atoms with Crippen molar-refractivity contribution in [2.75, 3.05) is 38.1 Å². The number of hydrogen-bond acceptors (Lipinski definition) is 5. The average molecular weight is 424 g/mol. The van der Waals surface area contributed by atoms with Gasteiger partial charge in [0.15, 0.2) is 0 Å². The van der Waals surface area contributed by atoms with E-state index in [0.29, 0.717) is 13.1 Å². The molecule has 2 fully saturated rings. The number of urea groups is 1. The van der Waals surface area contributed by atoms with E-state index in [2.05, 4.69) is 32.3 Å². The Hall–Kier alpha value is -2.67. The second kappa shape index (κ2) is 11.1. The van der Waals surface area contributed by atoms with Crippen LogP contribution in [0.15, 0.2) is 42.9 Å². The highest BCUT2D eigenvalue weighted by molar-refractivity contribution is 5.89. The number of amides is 2. The molecule has 4 rings (SSSR count). The molecule has 2 aromatic heterocycles. The summed E-state index contributed by atoms with van der Waals surface area (Å²) in [5.74, 6) is 1.55. The van der Waals surface area contributed by atoms with Crippen LogP contribution in [0.25, 0.3) is 0 Å². The number of nitrogens with zero attached hydrogens (tertiary/aromatic N) is 4. The molecule has 1 aliphatic heterocycles. The Balaban J connectivity index is 1.19. The van der Waals surface area contributed by atoms with Gasteiger partial charge in [-0.15, -0.1) is 0 Å². The minimum atomic E-state index is -0.0646. The fourth-order valence-electron chi connectivity index (χ4n) is 4.44. The van der Waals surface area contributed by atoms with Crippen LogP contribution in [0.5, 0.6) is 5.88 Å². The lowest BCUT2D eigenvalue weighted by Crippen LogP contribution is -2.49. The molecule has 0 atom stereocenters. The lowest BCUT2D eigenvalue weighted by Gasteiger charge is -2.34. The largest absolute Gasteiger partial charge is 0.478 e. The first-order chi connectivity index (χ1) is 15.3. The number of aromatic nitrogens is 2. The first-order valence-electron chi connectivity index (χ1n) is 11.5. The molecule has 0 unspecified atom stereocenters. The van der Waals surface area contributed by atoms with Gasteiger partial charge < -0.3 is 15.0 Å². The number of hydrogen-bond donors (Lipinski definition) is 1. The molecular formula is C24H33N5O2. The second-order valence-electron chi connectivity index (χ2n) is 8.58. The second-order valence-corrected chi connectivity index (χ2v) is 8.58. The van der Waals surface area contributed by atoms with Crippen LogP contribution in [-0.4, -0.2) is 58.6 Å². The summed E-state index contributed by atoms with van der Waals surface area (Å²) in [6.45, 7) is 4.72. The molecule has 0 radical (unpaired) electrons. The zero-order valence-corrected chi connectivity index (χ0v) is 18.2. The van der Waals surface area contributed by atoms with E-state index in [-0.39, 0.29) is 6.03 Å². The van der Waals surface area contributed by atoms with Crippen LogP contribution in [0.1, 0.15) is 44.1 Å². The molecule has 7 nitrogen and oxygen atoms in total. The van der Waals surface area contributed by atoms with E-state index in [9.17, 15) is 4.79 Å². The quantitative estimate of drug-likeness (QED) is 0.724. The summed E-state index contributed by atoms with van der Waals surface area (Å²) < 4.78 is 5.95. The summed E-state index contributed by atoms with van der Waals surface area (Å²) in [7, 11) is 0. The summed E-state index contributed by atoms with van der Waals surface area (Å²) in [4.78, 5) is 25.1. The van der Waals surface area contributed by atoms with Gasteiger partial charge in [0.05, 0.1) is 18.5 Å². The number of ether oxygens (including phenoxy) is 1. The van der Waals surface area contributed by atoms with E-state index in [0.717, 1.165) is 50.1 Å². The Labute approximate surface area is 184 Å². The molecule has 0 aromatic carbocycles. The van der Waals surface area contributed by atoms with Crippen molar-refractivity contribution < 1.29 is 9.53 Å². The zero-order chi connectivity index (χ0) is 21.3. The maximum Gasteiger partial charge on any atom is 0.321 e.